The Hall–Kier alpha value is -2.66. The summed E-state index contributed by atoms with van der Waals surface area (Å²) < 4.78 is 2.43. The van der Waals surface area contributed by atoms with Crippen LogP contribution in [0.3, 0.4) is 0 Å². The Morgan fingerprint density at radius 2 is 1.84 bits per heavy atom. The zero-order valence-corrected chi connectivity index (χ0v) is 19.1. The molecule has 1 aromatic carbocycles. The van der Waals surface area contributed by atoms with Crippen LogP contribution in [0.15, 0.2) is 61.1 Å². The molecular weight excluding hydrogens is 400 g/mol. The summed E-state index contributed by atoms with van der Waals surface area (Å²) in [5.41, 5.74) is 6.01. The van der Waals surface area contributed by atoms with Gasteiger partial charge >= 0.3 is 0 Å². The van der Waals surface area contributed by atoms with Gasteiger partial charge in [0, 0.05) is 30.3 Å². The van der Waals surface area contributed by atoms with E-state index in [9.17, 15) is 0 Å². The molecule has 2 aliphatic rings. The van der Waals surface area contributed by atoms with Gasteiger partial charge in [0.25, 0.3) is 0 Å². The third-order valence-electron chi connectivity index (χ3n) is 6.94. The van der Waals surface area contributed by atoms with Gasteiger partial charge in [-0.25, -0.2) is 0 Å². The minimum Gasteiger partial charge on any atom is -0.351 e. The fourth-order valence-corrected chi connectivity index (χ4v) is 5.40. The summed E-state index contributed by atoms with van der Waals surface area (Å²) in [5, 5.41) is 4.33. The van der Waals surface area contributed by atoms with Crippen molar-refractivity contribution in [3.8, 4) is 0 Å². The van der Waals surface area contributed by atoms with Gasteiger partial charge in [-0.3, -0.25) is 4.98 Å². The van der Waals surface area contributed by atoms with Gasteiger partial charge in [-0.05, 0) is 85.9 Å². The van der Waals surface area contributed by atoms with Crippen molar-refractivity contribution in [3.05, 3.63) is 83.4 Å². The molecular formula is C26H30N4S. The molecule has 3 heterocycles. The zero-order chi connectivity index (χ0) is 21.4. The number of rotatable bonds is 4. The predicted molar refractivity (Wildman–Crippen MR) is 130 cm³/mol. The van der Waals surface area contributed by atoms with Crippen LogP contribution in [0, 0.1) is 13.8 Å². The lowest BCUT2D eigenvalue weighted by Crippen LogP contribution is -2.29. The summed E-state index contributed by atoms with van der Waals surface area (Å²) in [4.78, 5) is 6.95. The molecule has 2 atom stereocenters. The molecule has 5 rings (SSSR count). The molecule has 5 heteroatoms. The average Bonchev–Trinajstić information content (AvgIpc) is 3.41. The maximum Gasteiger partial charge on any atom is 0.174 e. The van der Waals surface area contributed by atoms with E-state index in [1.807, 2.05) is 12.3 Å². The smallest absolute Gasteiger partial charge is 0.174 e. The van der Waals surface area contributed by atoms with Crippen molar-refractivity contribution in [1.82, 2.24) is 14.9 Å². The van der Waals surface area contributed by atoms with Crippen LogP contribution in [-0.4, -0.2) is 14.7 Å². The maximum absolute atomic E-state index is 5.86. The third-order valence-corrected chi connectivity index (χ3v) is 7.26. The summed E-state index contributed by atoms with van der Waals surface area (Å²) in [6.07, 6.45) is 13.1. The van der Waals surface area contributed by atoms with Crippen molar-refractivity contribution in [2.45, 2.75) is 64.1 Å². The summed E-state index contributed by atoms with van der Waals surface area (Å²) in [6.45, 7) is 4.31. The molecule has 0 unspecified atom stereocenters. The van der Waals surface area contributed by atoms with Crippen molar-refractivity contribution < 1.29 is 0 Å². The third kappa shape index (κ3) is 3.87. The van der Waals surface area contributed by atoms with E-state index in [1.54, 1.807) is 0 Å². The fourth-order valence-electron chi connectivity index (χ4n) is 5.06. The lowest BCUT2D eigenvalue weighted by molar-refractivity contribution is 0.353. The highest BCUT2D eigenvalue weighted by Crippen LogP contribution is 2.42. The second kappa shape index (κ2) is 8.46. The lowest BCUT2D eigenvalue weighted by atomic mass is 9.95. The molecule has 160 valence electrons. The second-order valence-electron chi connectivity index (χ2n) is 8.95. The topological polar surface area (TPSA) is 33.1 Å². The molecule has 4 nitrogen and oxygen atoms in total. The van der Waals surface area contributed by atoms with Crippen LogP contribution < -0.4 is 10.2 Å². The quantitative estimate of drug-likeness (QED) is 0.501. The maximum atomic E-state index is 5.86. The van der Waals surface area contributed by atoms with Crippen LogP contribution in [0.2, 0.25) is 0 Å². The second-order valence-corrected chi connectivity index (χ2v) is 9.34. The van der Waals surface area contributed by atoms with Crippen molar-refractivity contribution in [2.75, 3.05) is 4.90 Å². The van der Waals surface area contributed by atoms with E-state index in [2.05, 4.69) is 82.4 Å². The Labute approximate surface area is 190 Å². The monoisotopic (exact) mass is 430 g/mol. The van der Waals surface area contributed by atoms with Crippen molar-refractivity contribution >= 4 is 23.0 Å². The largest absolute Gasteiger partial charge is 0.351 e. The number of thiocarbonyl (C=S) groups is 1. The summed E-state index contributed by atoms with van der Waals surface area (Å²) in [6, 6.07) is 15.7. The van der Waals surface area contributed by atoms with E-state index in [0.717, 1.165) is 16.5 Å². The van der Waals surface area contributed by atoms with Crippen molar-refractivity contribution in [2.24, 2.45) is 0 Å². The summed E-state index contributed by atoms with van der Waals surface area (Å²) in [5.74, 6) is 0. The van der Waals surface area contributed by atoms with Gasteiger partial charge < -0.3 is 14.8 Å². The van der Waals surface area contributed by atoms with Crippen LogP contribution in [-0.2, 0) is 0 Å². The zero-order valence-electron chi connectivity index (χ0n) is 18.3. The van der Waals surface area contributed by atoms with E-state index < -0.39 is 0 Å². The first-order valence-corrected chi connectivity index (χ1v) is 11.8. The number of nitrogens with one attached hydrogen (secondary N) is 1. The standard InChI is InChI=1S/C26H30N4S/c1-18-11-12-22(16-19(18)2)30-25(24(28-26(30)31)23-10-6-7-14-27-23)20-13-15-29(17-20)21-8-4-3-5-9-21/h6-7,10-17,21,24-25H,3-5,8-9H2,1-2H3,(H,28,31)/t24-,25+/m1/s1. The molecule has 2 fully saturated rings. The van der Waals surface area contributed by atoms with Crippen molar-refractivity contribution in [1.29, 1.82) is 0 Å². The number of hydrogen-bond donors (Lipinski definition) is 1. The summed E-state index contributed by atoms with van der Waals surface area (Å²) >= 11 is 5.86. The Balaban J connectivity index is 1.56. The molecule has 0 bridgehead atoms. The van der Waals surface area contributed by atoms with Crippen LogP contribution in [0.5, 0.6) is 0 Å². The lowest BCUT2D eigenvalue weighted by Gasteiger charge is -2.28. The predicted octanol–water partition coefficient (Wildman–Crippen LogP) is 6.18. The minimum atomic E-state index is 0.0116. The van der Waals surface area contributed by atoms with E-state index in [0.29, 0.717) is 6.04 Å². The molecule has 0 radical (unpaired) electrons. The van der Waals surface area contributed by atoms with Gasteiger partial charge in [-0.1, -0.05) is 31.4 Å². The first-order valence-electron chi connectivity index (χ1n) is 11.4. The summed E-state index contributed by atoms with van der Waals surface area (Å²) in [7, 11) is 0. The van der Waals surface area contributed by atoms with E-state index >= 15 is 0 Å². The highest BCUT2D eigenvalue weighted by Gasteiger charge is 2.41. The number of aryl methyl sites for hydroxylation is 2. The minimum absolute atomic E-state index is 0.0116. The molecule has 1 saturated heterocycles. The first-order chi connectivity index (χ1) is 15.1. The fraction of sp³-hybridized carbons (Fsp3) is 0.385. The van der Waals surface area contributed by atoms with Gasteiger partial charge in [0.1, 0.15) is 0 Å². The molecule has 1 saturated carbocycles. The Morgan fingerprint density at radius 1 is 1.00 bits per heavy atom. The van der Waals surface area contributed by atoms with Crippen LogP contribution in [0.25, 0.3) is 0 Å². The van der Waals surface area contributed by atoms with Gasteiger partial charge in [0.2, 0.25) is 0 Å². The molecule has 31 heavy (non-hydrogen) atoms. The number of aromatic nitrogens is 2. The molecule has 1 aliphatic carbocycles. The van der Waals surface area contributed by atoms with Gasteiger partial charge in [-0.2, -0.15) is 0 Å². The average molecular weight is 431 g/mol. The molecule has 2 aromatic heterocycles. The molecule has 0 amide bonds. The highest BCUT2D eigenvalue weighted by atomic mass is 32.1. The van der Waals surface area contributed by atoms with Crippen LogP contribution >= 0.6 is 12.2 Å². The SMILES string of the molecule is Cc1ccc(N2C(=S)N[C@H](c3ccccn3)[C@@H]2c2ccn(C3CCCCC3)c2)cc1C. The Morgan fingerprint density at radius 3 is 2.58 bits per heavy atom. The Kier molecular flexibility index (Phi) is 5.53. The number of pyridine rings is 1. The van der Waals surface area contributed by atoms with Gasteiger partial charge in [-0.15, -0.1) is 0 Å². The van der Waals surface area contributed by atoms with E-state index in [-0.39, 0.29) is 12.1 Å². The van der Waals surface area contributed by atoms with Gasteiger partial charge in [0.05, 0.1) is 17.8 Å². The molecule has 1 aliphatic heterocycles. The van der Waals surface area contributed by atoms with Crippen molar-refractivity contribution in [3.63, 3.8) is 0 Å². The molecule has 3 aromatic rings. The molecule has 1 N–H and O–H groups in total. The number of benzene rings is 1. The van der Waals surface area contributed by atoms with E-state index in [4.69, 9.17) is 12.2 Å². The van der Waals surface area contributed by atoms with Gasteiger partial charge in [0.15, 0.2) is 5.11 Å². The number of hydrogen-bond acceptors (Lipinski definition) is 2. The highest BCUT2D eigenvalue weighted by molar-refractivity contribution is 7.80. The normalized spacial score (nSPS) is 22.0. The first kappa shape index (κ1) is 20.3. The number of anilines is 1. The van der Waals surface area contributed by atoms with E-state index in [1.165, 1.54) is 48.8 Å². The number of nitrogens with zero attached hydrogens (tertiary/aromatic N) is 3. The van der Waals surface area contributed by atoms with Crippen LogP contribution in [0.1, 0.15) is 72.6 Å². The Bertz CT molecular complexity index is 1070. The van der Waals surface area contributed by atoms with Crippen LogP contribution in [0.4, 0.5) is 5.69 Å². The molecule has 0 spiro atoms.